The van der Waals surface area contributed by atoms with Gasteiger partial charge >= 0.3 is 35.8 Å². The number of nitrogens with one attached hydrogen (secondary N) is 1. The van der Waals surface area contributed by atoms with Crippen molar-refractivity contribution in [3.05, 3.63) is 0 Å². The van der Waals surface area contributed by atoms with Gasteiger partial charge < -0.3 is 60.3 Å². The van der Waals surface area contributed by atoms with Crippen molar-refractivity contribution >= 4 is 87.8 Å². The first-order valence-electron chi connectivity index (χ1n) is 30.2. The van der Waals surface area contributed by atoms with Gasteiger partial charge in [-0.05, 0) is 107 Å². The number of esters is 5. The molecule has 0 aromatic heterocycles. The van der Waals surface area contributed by atoms with Gasteiger partial charge in [0, 0.05) is 51.7 Å². The lowest BCUT2D eigenvalue weighted by atomic mass is 9.99. The molecule has 84 heavy (non-hydrogen) atoms. The quantitative estimate of drug-likeness (QED) is 0.0289. The molecule has 3 rings (SSSR count). The van der Waals surface area contributed by atoms with E-state index in [9.17, 15) is 47.9 Å². The minimum atomic E-state index is -0.886. The van der Waals surface area contributed by atoms with E-state index in [-0.39, 0.29) is 88.7 Å². The lowest BCUT2D eigenvalue weighted by Crippen LogP contribution is -2.45. The van der Waals surface area contributed by atoms with Gasteiger partial charge in [0.15, 0.2) is 0 Å². The number of methoxy groups -OCH3 is 5. The summed E-state index contributed by atoms with van der Waals surface area (Å²) in [6, 6.07) is -1.72. The maximum absolute atomic E-state index is 11.8. The van der Waals surface area contributed by atoms with Crippen LogP contribution in [0.5, 0.6) is 0 Å². The predicted octanol–water partition coefficient (Wildman–Crippen LogP) is 8.17. The Morgan fingerprint density at radius 1 is 0.536 bits per heavy atom. The molecule has 10 atom stereocenters. The van der Waals surface area contributed by atoms with Crippen molar-refractivity contribution < 1.29 is 76.7 Å². The summed E-state index contributed by atoms with van der Waals surface area (Å²) >= 11 is 3.13. The van der Waals surface area contributed by atoms with Crippen molar-refractivity contribution in [2.24, 2.45) is 41.1 Å². The van der Waals surface area contributed by atoms with E-state index in [1.54, 1.807) is 16.7 Å². The number of alkyl halides is 1. The molecule has 3 aliphatic heterocycles. The Morgan fingerprint density at radius 3 is 1.19 bits per heavy atom. The number of likely N-dealkylation sites (tertiary alicyclic amines) is 3. The van der Waals surface area contributed by atoms with Crippen LogP contribution in [0.25, 0.3) is 0 Å². The van der Waals surface area contributed by atoms with E-state index in [0.717, 1.165) is 70.6 Å². The van der Waals surface area contributed by atoms with Crippen molar-refractivity contribution in [1.82, 2.24) is 20.0 Å². The van der Waals surface area contributed by atoms with E-state index in [0.29, 0.717) is 114 Å². The highest BCUT2D eigenvalue weighted by atomic mass is 79.9. The maximum Gasteiger partial charge on any atom is 0.328 e. The Labute approximate surface area is 518 Å². The molecule has 492 valence electrons. The van der Waals surface area contributed by atoms with Crippen LogP contribution in [0.1, 0.15) is 198 Å². The summed E-state index contributed by atoms with van der Waals surface area (Å²) in [4.78, 5) is 117. The average molecular weight is 1290 g/mol. The molecule has 0 aromatic carbocycles. The van der Waals surface area contributed by atoms with Crippen LogP contribution in [0.15, 0.2) is 0 Å². The number of carboxylic acid groups (broad SMARTS) is 1. The van der Waals surface area contributed by atoms with Crippen LogP contribution in [0.3, 0.4) is 0 Å². The Morgan fingerprint density at radius 2 is 0.905 bits per heavy atom. The number of carbonyl (C=O) groups excluding carboxylic acids is 9. The fraction of sp³-hybridized carbons (Fsp3) is 0.833. The number of halogens is 2. The number of hydrogen-bond acceptors (Lipinski definition) is 17. The lowest BCUT2D eigenvalue weighted by molar-refractivity contribution is -0.151. The second-order valence-corrected chi connectivity index (χ2v) is 22.3. The van der Waals surface area contributed by atoms with Gasteiger partial charge in [0.1, 0.15) is 29.0 Å². The summed E-state index contributed by atoms with van der Waals surface area (Å²) in [6.45, 7) is 23.1. The molecule has 4 amide bonds. The van der Waals surface area contributed by atoms with Gasteiger partial charge in [-0.15, -0.1) is 12.4 Å². The Kier molecular flexibility index (Phi) is 52.7. The molecule has 0 saturated carbocycles. The fourth-order valence-electron chi connectivity index (χ4n) is 10.1. The van der Waals surface area contributed by atoms with Crippen molar-refractivity contribution in [3.8, 4) is 0 Å². The molecule has 24 heteroatoms. The van der Waals surface area contributed by atoms with E-state index < -0.39 is 18.1 Å². The van der Waals surface area contributed by atoms with E-state index in [4.69, 9.17) is 26.0 Å². The minimum Gasteiger partial charge on any atom is -0.480 e. The van der Waals surface area contributed by atoms with Crippen LogP contribution in [0.2, 0.25) is 0 Å². The number of hydrogen-bond donors (Lipinski definition) is 4. The van der Waals surface area contributed by atoms with Gasteiger partial charge in [-0.25, -0.2) is 9.59 Å². The van der Waals surface area contributed by atoms with E-state index in [1.165, 1.54) is 40.4 Å². The zero-order valence-corrected chi connectivity index (χ0v) is 56.2. The number of carbonyl (C=O) groups is 10. The second-order valence-electron chi connectivity index (χ2n) is 21.1. The number of rotatable bonds is 31. The molecule has 0 radical (unpaired) electrons. The smallest absolute Gasteiger partial charge is 0.328 e. The summed E-state index contributed by atoms with van der Waals surface area (Å²) in [5, 5.41) is 12.1. The Bertz CT molecular complexity index is 1840. The molecular formula is C60H112BrClN6O16. The number of nitrogens with zero attached hydrogens (tertiary/aromatic N) is 3. The van der Waals surface area contributed by atoms with Gasteiger partial charge in [0.25, 0.3) is 0 Å². The molecule has 0 aromatic rings. The monoisotopic (exact) mass is 1290 g/mol. The molecule has 3 heterocycles. The van der Waals surface area contributed by atoms with Crippen molar-refractivity contribution in [2.45, 2.75) is 227 Å². The molecule has 22 nitrogen and oxygen atoms in total. The van der Waals surface area contributed by atoms with Crippen molar-refractivity contribution in [2.75, 3.05) is 68.3 Å². The zero-order chi connectivity index (χ0) is 64.2. The number of amides is 4. The molecule has 6 N–H and O–H groups in total. The van der Waals surface area contributed by atoms with Crippen LogP contribution in [0, 0.1) is 29.6 Å². The van der Waals surface area contributed by atoms with Crippen LogP contribution in [-0.4, -0.2) is 177 Å². The molecule has 3 fully saturated rings. The topological polar surface area (TPSA) is 311 Å². The summed E-state index contributed by atoms with van der Waals surface area (Å²) in [5.41, 5.74) is 10.7. The van der Waals surface area contributed by atoms with Crippen molar-refractivity contribution in [3.63, 3.8) is 0 Å². The van der Waals surface area contributed by atoms with Crippen LogP contribution in [-0.2, 0) is 71.6 Å². The standard InChI is InChI=1S/C13H25NO4.C12H21NO3.C11H20N2O2.C11H19NO3.C8H17NO2.C5H9BrO2.ClH/c1-5-7-10(8-12(15)17-3)9-14-11(6-2)13(16)18-4;1-4-6-9-7-11(14)13(8-9)10(5-2)12(15)16-3;1-3-5-8-6-10(14)13(7-8)9(4-2)11(12)15;1-3-5-8-6-10(13)12(7-8)9(4-2)11(14)15;1-3-4-7(6-9)5-8(10)11-2;1-3-4(6)5(7)8-2;/h10-11,14H,5-9H2,1-4H3;9-10H,4-8H2,1-3H3;8-9H,3-7H2,1-2H3,(H2,12,15);8-9H,3-7H2,1-2H3,(H,14,15);7H,3-6,9H2,1-2H3;4H,3H2,1-2H3;1H/t10?,11-;9?,10-;2*8?,9-;;4-;/m0000.1./s1. The summed E-state index contributed by atoms with van der Waals surface area (Å²) in [6.07, 6.45) is 16.0. The SMILES string of the molecule is CCCC(CN)CC(=O)OC.CCCC(CN[C@@H](CC)C(=O)OC)CC(=O)OC.CCCC1CC(=O)N([C@@H](CC)C(=O)O)C1.CCCC1CC(=O)N([C@@H](CC)C(=O)OC)C1.CCCC1CC(=O)N([C@@H](CC)C(N)=O)C1.CC[C@@H](Br)C(=O)OC.Cl. The molecule has 0 aliphatic carbocycles. The first-order chi connectivity index (χ1) is 39.4. The van der Waals surface area contributed by atoms with Crippen molar-refractivity contribution in [1.29, 1.82) is 0 Å². The Balaban J connectivity index is -0.000000463. The van der Waals surface area contributed by atoms with E-state index >= 15 is 0 Å². The molecule has 5 unspecified atom stereocenters. The fourth-order valence-corrected chi connectivity index (χ4v) is 10.2. The number of nitrogens with two attached hydrogens (primary N) is 2. The van der Waals surface area contributed by atoms with E-state index in [2.05, 4.69) is 70.1 Å². The number of aliphatic carboxylic acids is 1. The van der Waals surface area contributed by atoms with Gasteiger partial charge in [-0.3, -0.25) is 38.4 Å². The largest absolute Gasteiger partial charge is 0.480 e. The summed E-state index contributed by atoms with van der Waals surface area (Å²) < 4.78 is 23.1. The third kappa shape index (κ3) is 35.1. The first-order valence-corrected chi connectivity index (χ1v) is 31.1. The summed E-state index contributed by atoms with van der Waals surface area (Å²) in [7, 11) is 6.93. The molecule has 0 spiro atoms. The van der Waals surface area contributed by atoms with Crippen LogP contribution in [0.4, 0.5) is 0 Å². The van der Waals surface area contributed by atoms with Gasteiger partial charge in [0.2, 0.25) is 23.6 Å². The number of ether oxygens (including phenoxy) is 5. The third-order valence-corrected chi connectivity index (χ3v) is 15.7. The Hall–Kier alpha value is -4.61. The molecule has 3 aliphatic rings. The summed E-state index contributed by atoms with van der Waals surface area (Å²) in [5.74, 6) is -0.540. The average Bonchev–Trinajstić information content (AvgIpc) is 4.29. The maximum atomic E-state index is 11.8. The molecular weight excluding hydrogens is 1180 g/mol. The molecule has 3 saturated heterocycles. The van der Waals surface area contributed by atoms with Gasteiger partial charge in [0.05, 0.1) is 35.5 Å². The highest BCUT2D eigenvalue weighted by Gasteiger charge is 2.38. The van der Waals surface area contributed by atoms with Gasteiger partial charge in [-0.1, -0.05) is 117 Å². The van der Waals surface area contributed by atoms with Crippen LogP contribution >= 0.6 is 28.3 Å². The highest BCUT2D eigenvalue weighted by Crippen LogP contribution is 2.27. The van der Waals surface area contributed by atoms with E-state index in [1.807, 2.05) is 27.7 Å². The number of carboxylic acids is 1. The highest BCUT2D eigenvalue weighted by molar-refractivity contribution is 9.10. The van der Waals surface area contributed by atoms with Gasteiger partial charge in [-0.2, -0.15) is 0 Å². The zero-order valence-electron chi connectivity index (χ0n) is 53.8. The van der Waals surface area contributed by atoms with Crippen LogP contribution < -0.4 is 16.8 Å². The first kappa shape index (κ1) is 85.8. The minimum absolute atomic E-state index is 0. The third-order valence-electron chi connectivity index (χ3n) is 14.6. The molecule has 0 bridgehead atoms. The normalized spacial score (nSPS) is 18.4. The second kappa shape index (κ2) is 51.6. The predicted molar refractivity (Wildman–Crippen MR) is 331 cm³/mol. The number of primary amides is 1. The lowest BCUT2D eigenvalue weighted by Gasteiger charge is -2.24.